The molecule has 2 aromatic rings. The van der Waals surface area contributed by atoms with E-state index in [0.717, 1.165) is 4.68 Å². The quantitative estimate of drug-likeness (QED) is 0.629. The van der Waals surface area contributed by atoms with Crippen LogP contribution in [0.15, 0.2) is 41.1 Å². The van der Waals surface area contributed by atoms with Crippen molar-refractivity contribution in [3.05, 3.63) is 56.8 Å². The molecule has 0 fully saturated rings. The molecule has 86 valence electrons. The average molecular weight is 296 g/mol. The van der Waals surface area contributed by atoms with Crippen LogP contribution in [0.3, 0.4) is 0 Å². The molecule has 6 nitrogen and oxygen atoms in total. The Morgan fingerprint density at radius 2 is 2.24 bits per heavy atom. The molecule has 0 unspecified atom stereocenters. The van der Waals surface area contributed by atoms with E-state index in [2.05, 4.69) is 21.0 Å². The lowest BCUT2D eigenvalue weighted by molar-refractivity contribution is -0.384. The first-order valence-corrected chi connectivity index (χ1v) is 5.36. The summed E-state index contributed by atoms with van der Waals surface area (Å²) in [6.45, 7) is 0. The largest absolute Gasteiger partial charge is 0.278 e. The van der Waals surface area contributed by atoms with Gasteiger partial charge >= 0.3 is 0 Å². The van der Waals surface area contributed by atoms with Crippen molar-refractivity contribution in [2.75, 3.05) is 0 Å². The van der Waals surface area contributed by atoms with E-state index in [4.69, 9.17) is 0 Å². The van der Waals surface area contributed by atoms with Crippen LogP contribution in [-0.2, 0) is 0 Å². The Morgan fingerprint density at radius 1 is 1.47 bits per heavy atom. The highest BCUT2D eigenvalue weighted by molar-refractivity contribution is 9.10. The second-order valence-electron chi connectivity index (χ2n) is 3.22. The van der Waals surface area contributed by atoms with Crippen LogP contribution in [-0.4, -0.2) is 20.6 Å². The Balaban J connectivity index is 2.37. The molecular formula is C10H6BrN3O3. The summed E-state index contributed by atoms with van der Waals surface area (Å²) < 4.78 is 1.78. The van der Waals surface area contributed by atoms with E-state index in [9.17, 15) is 14.9 Å². The Bertz CT molecular complexity index is 594. The summed E-state index contributed by atoms with van der Waals surface area (Å²) in [5.74, 6) is -0.417. The number of nitro benzene ring substituents is 1. The van der Waals surface area contributed by atoms with Crippen LogP contribution < -0.4 is 0 Å². The maximum Gasteiger partial charge on any atom is 0.278 e. The highest BCUT2D eigenvalue weighted by atomic mass is 79.9. The standard InChI is InChI=1S/C10H6BrN3O3/c11-8-5-12-13(6-8)10(15)7-2-1-3-9(4-7)14(16)17/h1-6H. The molecule has 7 heteroatoms. The van der Waals surface area contributed by atoms with Gasteiger partial charge in [0.25, 0.3) is 11.6 Å². The van der Waals surface area contributed by atoms with Crippen molar-refractivity contribution in [3.63, 3.8) is 0 Å². The predicted octanol–water partition coefficient (Wildman–Crippen LogP) is 2.24. The maximum atomic E-state index is 11.9. The van der Waals surface area contributed by atoms with Crippen molar-refractivity contribution in [2.24, 2.45) is 0 Å². The molecule has 1 aromatic heterocycles. The van der Waals surface area contributed by atoms with Crippen LogP contribution in [0.4, 0.5) is 5.69 Å². The lowest BCUT2D eigenvalue weighted by atomic mass is 10.2. The van der Waals surface area contributed by atoms with Gasteiger partial charge in [0.05, 0.1) is 15.6 Å². The second kappa shape index (κ2) is 4.46. The topological polar surface area (TPSA) is 78.0 Å². The van der Waals surface area contributed by atoms with E-state index < -0.39 is 10.8 Å². The minimum atomic E-state index is -0.546. The normalized spacial score (nSPS) is 10.2. The van der Waals surface area contributed by atoms with E-state index >= 15 is 0 Å². The summed E-state index contributed by atoms with van der Waals surface area (Å²) in [6.07, 6.45) is 2.95. The van der Waals surface area contributed by atoms with Gasteiger partial charge in [-0.3, -0.25) is 14.9 Å². The molecule has 0 saturated carbocycles. The molecule has 0 radical (unpaired) electrons. The number of hydrogen-bond donors (Lipinski definition) is 0. The predicted molar refractivity (Wildman–Crippen MR) is 62.8 cm³/mol. The van der Waals surface area contributed by atoms with Gasteiger partial charge in [-0.25, -0.2) is 4.68 Å². The van der Waals surface area contributed by atoms with Crippen LogP contribution in [0.2, 0.25) is 0 Å². The number of non-ortho nitro benzene ring substituents is 1. The Labute approximate surface area is 104 Å². The fourth-order valence-corrected chi connectivity index (χ4v) is 1.58. The van der Waals surface area contributed by atoms with Gasteiger partial charge in [-0.15, -0.1) is 0 Å². The number of aromatic nitrogens is 2. The van der Waals surface area contributed by atoms with Crippen LogP contribution in [0, 0.1) is 10.1 Å². The van der Waals surface area contributed by atoms with Crippen molar-refractivity contribution >= 4 is 27.5 Å². The zero-order valence-corrected chi connectivity index (χ0v) is 9.99. The third-order valence-electron chi connectivity index (χ3n) is 2.06. The summed E-state index contributed by atoms with van der Waals surface area (Å²) in [7, 11) is 0. The summed E-state index contributed by atoms with van der Waals surface area (Å²) in [4.78, 5) is 21.9. The third kappa shape index (κ3) is 2.39. The first-order chi connectivity index (χ1) is 8.08. The molecule has 0 spiro atoms. The van der Waals surface area contributed by atoms with E-state index in [1.54, 1.807) is 0 Å². The molecule has 1 heterocycles. The fourth-order valence-electron chi connectivity index (χ4n) is 1.30. The van der Waals surface area contributed by atoms with Crippen molar-refractivity contribution in [3.8, 4) is 0 Å². The smallest absolute Gasteiger partial charge is 0.267 e. The van der Waals surface area contributed by atoms with Crippen LogP contribution in [0.1, 0.15) is 10.4 Å². The van der Waals surface area contributed by atoms with Gasteiger partial charge in [0.15, 0.2) is 0 Å². The number of nitro groups is 1. The lowest BCUT2D eigenvalue weighted by Gasteiger charge is -1.99. The minimum absolute atomic E-state index is 0.123. The van der Waals surface area contributed by atoms with Crippen molar-refractivity contribution in [2.45, 2.75) is 0 Å². The molecule has 0 bridgehead atoms. The first kappa shape index (κ1) is 11.5. The fraction of sp³-hybridized carbons (Fsp3) is 0. The zero-order valence-electron chi connectivity index (χ0n) is 8.41. The van der Waals surface area contributed by atoms with Gasteiger partial charge < -0.3 is 0 Å². The number of nitrogens with zero attached hydrogens (tertiary/aromatic N) is 3. The summed E-state index contributed by atoms with van der Waals surface area (Å²) in [6, 6.07) is 5.52. The van der Waals surface area contributed by atoms with Gasteiger partial charge in [-0.05, 0) is 22.0 Å². The van der Waals surface area contributed by atoms with Crippen LogP contribution in [0.5, 0.6) is 0 Å². The monoisotopic (exact) mass is 295 g/mol. The van der Waals surface area contributed by atoms with Crippen LogP contribution >= 0.6 is 15.9 Å². The average Bonchev–Trinajstić information content (AvgIpc) is 2.75. The number of benzene rings is 1. The van der Waals surface area contributed by atoms with Gasteiger partial charge in [-0.1, -0.05) is 6.07 Å². The van der Waals surface area contributed by atoms with Crippen LogP contribution in [0.25, 0.3) is 0 Å². The van der Waals surface area contributed by atoms with Gasteiger partial charge in [0.1, 0.15) is 0 Å². The molecule has 0 aliphatic carbocycles. The van der Waals surface area contributed by atoms with Gasteiger partial charge in [0, 0.05) is 23.9 Å². The number of hydrogen-bond acceptors (Lipinski definition) is 4. The molecule has 1 aromatic carbocycles. The van der Waals surface area contributed by atoms with E-state index in [1.165, 1.54) is 36.7 Å². The second-order valence-corrected chi connectivity index (χ2v) is 4.13. The molecule has 0 amide bonds. The van der Waals surface area contributed by atoms with Gasteiger partial charge in [-0.2, -0.15) is 5.10 Å². The highest BCUT2D eigenvalue weighted by Crippen LogP contribution is 2.15. The highest BCUT2D eigenvalue weighted by Gasteiger charge is 2.13. The first-order valence-electron chi connectivity index (χ1n) is 4.57. The Hall–Kier alpha value is -2.02. The molecule has 0 N–H and O–H groups in total. The van der Waals surface area contributed by atoms with Crippen molar-refractivity contribution in [1.29, 1.82) is 0 Å². The molecule has 0 saturated heterocycles. The lowest BCUT2D eigenvalue weighted by Crippen LogP contribution is -2.12. The van der Waals surface area contributed by atoms with Gasteiger partial charge in [0.2, 0.25) is 0 Å². The Kier molecular flexibility index (Phi) is 3.01. The zero-order chi connectivity index (χ0) is 12.4. The molecule has 2 rings (SSSR count). The SMILES string of the molecule is O=C(c1cccc([N+](=O)[O-])c1)n1cc(Br)cn1. The number of rotatable bonds is 2. The number of halogens is 1. The third-order valence-corrected chi connectivity index (χ3v) is 2.47. The molecule has 0 atom stereocenters. The van der Waals surface area contributed by atoms with E-state index in [1.807, 2.05) is 0 Å². The molecular weight excluding hydrogens is 290 g/mol. The van der Waals surface area contributed by atoms with E-state index in [0.29, 0.717) is 4.47 Å². The molecule has 17 heavy (non-hydrogen) atoms. The summed E-state index contributed by atoms with van der Waals surface area (Å²) in [5.41, 5.74) is 0.0943. The maximum absolute atomic E-state index is 11.9. The van der Waals surface area contributed by atoms with E-state index in [-0.39, 0.29) is 11.3 Å². The van der Waals surface area contributed by atoms with Crippen molar-refractivity contribution < 1.29 is 9.72 Å². The summed E-state index contributed by atoms with van der Waals surface area (Å²) >= 11 is 3.17. The van der Waals surface area contributed by atoms with Crippen molar-refractivity contribution in [1.82, 2.24) is 9.78 Å². The molecule has 0 aliphatic rings. The number of carbonyl (C=O) groups is 1. The molecule has 0 aliphatic heterocycles. The minimum Gasteiger partial charge on any atom is -0.267 e. The Morgan fingerprint density at radius 3 is 2.82 bits per heavy atom. The summed E-state index contributed by atoms with van der Waals surface area (Å²) in [5, 5.41) is 14.4. The number of carbonyl (C=O) groups excluding carboxylic acids is 1.